The van der Waals surface area contributed by atoms with Gasteiger partial charge in [-0.1, -0.05) is 0 Å². The summed E-state index contributed by atoms with van der Waals surface area (Å²) in [5.41, 5.74) is 3.02. The highest BCUT2D eigenvalue weighted by molar-refractivity contribution is 9.10. The molecular weight excluding hydrogens is 540 g/mol. The molecule has 9 nitrogen and oxygen atoms in total. The molecule has 188 valence electrons. The molecule has 0 fully saturated rings. The average Bonchev–Trinajstić information content (AvgIpc) is 3.25. The number of anilines is 1. The normalized spacial score (nSPS) is 17.5. The zero-order valence-corrected chi connectivity index (χ0v) is 22.4. The Bertz CT molecular complexity index is 1300. The summed E-state index contributed by atoms with van der Waals surface area (Å²) in [7, 11) is 0.228. The van der Waals surface area contributed by atoms with Crippen LogP contribution in [-0.4, -0.2) is 59.0 Å². The second-order valence-electron chi connectivity index (χ2n) is 8.40. The minimum absolute atomic E-state index is 0.0446. The Hall–Kier alpha value is -2.63. The lowest BCUT2D eigenvalue weighted by Crippen LogP contribution is -2.41. The lowest BCUT2D eigenvalue weighted by molar-refractivity contribution is -0.141. The number of esters is 1. The third-order valence-electron chi connectivity index (χ3n) is 6.54. The van der Waals surface area contributed by atoms with E-state index in [9.17, 15) is 18.0 Å². The van der Waals surface area contributed by atoms with E-state index in [4.69, 9.17) is 14.2 Å². The number of halogens is 1. The number of sulfonamides is 1. The van der Waals surface area contributed by atoms with Crippen LogP contribution in [0.2, 0.25) is 0 Å². The second kappa shape index (κ2) is 9.79. The lowest BCUT2D eigenvalue weighted by Gasteiger charge is -2.36. The monoisotopic (exact) mass is 566 g/mol. The maximum Gasteiger partial charge on any atom is 0.307 e. The fraction of sp³-hybridized carbons (Fsp3) is 0.417. The van der Waals surface area contributed by atoms with Gasteiger partial charge in [0.05, 0.1) is 38.7 Å². The minimum atomic E-state index is -4.08. The molecule has 2 aromatic rings. The first kappa shape index (κ1) is 25.5. The molecule has 0 saturated heterocycles. The molecule has 11 heteroatoms. The van der Waals surface area contributed by atoms with Gasteiger partial charge < -0.3 is 19.1 Å². The summed E-state index contributed by atoms with van der Waals surface area (Å²) in [5.74, 6) is 0.292. The number of nitrogens with zero attached hydrogens (tertiary/aromatic N) is 2. The van der Waals surface area contributed by atoms with Crippen molar-refractivity contribution in [3.63, 3.8) is 0 Å². The van der Waals surface area contributed by atoms with Gasteiger partial charge in [-0.3, -0.25) is 9.59 Å². The first-order valence-corrected chi connectivity index (χ1v) is 13.3. The number of methoxy groups -OCH3 is 3. The molecule has 0 radical (unpaired) electrons. The molecule has 0 aliphatic carbocycles. The van der Waals surface area contributed by atoms with Gasteiger partial charge in [0.25, 0.3) is 0 Å². The van der Waals surface area contributed by atoms with E-state index in [1.165, 1.54) is 32.6 Å². The molecule has 2 aliphatic rings. The third kappa shape index (κ3) is 4.52. The molecule has 0 bridgehead atoms. The smallest absolute Gasteiger partial charge is 0.307 e. The molecule has 0 saturated carbocycles. The zero-order valence-electron chi connectivity index (χ0n) is 20.0. The standard InChI is InChI=1S/C24H27BrN2O7S/c1-14(28)26-7-5-16-9-18(25)23(12-19(16)26)35(30,31)27-8-6-15-10-21(32-2)22(33-3)11-17(15)20(27)13-24(29)34-4/h9-12,20H,5-8,13H2,1-4H3. The molecule has 0 aromatic heterocycles. The van der Waals surface area contributed by atoms with Crippen molar-refractivity contribution in [2.45, 2.75) is 37.1 Å². The largest absolute Gasteiger partial charge is 0.493 e. The van der Waals surface area contributed by atoms with Crippen LogP contribution in [0.3, 0.4) is 0 Å². The predicted molar refractivity (Wildman–Crippen MR) is 132 cm³/mol. The van der Waals surface area contributed by atoms with E-state index in [2.05, 4.69) is 15.9 Å². The number of fused-ring (bicyclic) bond motifs is 2. The highest BCUT2D eigenvalue weighted by Gasteiger charge is 2.40. The van der Waals surface area contributed by atoms with E-state index in [-0.39, 0.29) is 23.8 Å². The van der Waals surface area contributed by atoms with Gasteiger partial charge in [-0.25, -0.2) is 8.42 Å². The summed E-state index contributed by atoms with van der Waals surface area (Å²) in [6.45, 7) is 2.12. The van der Waals surface area contributed by atoms with Gasteiger partial charge in [-0.2, -0.15) is 4.31 Å². The van der Waals surface area contributed by atoms with Crippen LogP contribution in [0, 0.1) is 0 Å². The summed E-state index contributed by atoms with van der Waals surface area (Å²) < 4.78 is 45.5. The number of rotatable bonds is 6. The van der Waals surface area contributed by atoms with Crippen molar-refractivity contribution in [1.29, 1.82) is 0 Å². The molecular formula is C24H27BrN2O7S. The van der Waals surface area contributed by atoms with Crippen LogP contribution >= 0.6 is 15.9 Å². The number of ether oxygens (including phenoxy) is 3. The Morgan fingerprint density at radius 1 is 1.00 bits per heavy atom. The van der Waals surface area contributed by atoms with Crippen molar-refractivity contribution < 1.29 is 32.2 Å². The summed E-state index contributed by atoms with van der Waals surface area (Å²) in [6, 6.07) is 6.03. The van der Waals surface area contributed by atoms with E-state index in [1.54, 1.807) is 23.1 Å². The Morgan fingerprint density at radius 2 is 1.66 bits per heavy atom. The van der Waals surface area contributed by atoms with E-state index in [0.717, 1.165) is 11.1 Å². The van der Waals surface area contributed by atoms with Crippen molar-refractivity contribution in [3.8, 4) is 11.5 Å². The molecule has 0 N–H and O–H groups in total. The van der Waals surface area contributed by atoms with Gasteiger partial charge in [0.2, 0.25) is 15.9 Å². The van der Waals surface area contributed by atoms with Gasteiger partial charge in [0.1, 0.15) is 0 Å². The van der Waals surface area contributed by atoms with E-state index >= 15 is 0 Å². The topological polar surface area (TPSA) is 102 Å². The average molecular weight is 567 g/mol. The SMILES string of the molecule is COC(=O)CC1c2cc(OC)c(OC)cc2CCN1S(=O)(=O)c1cc2c(cc1Br)CCN2C(C)=O. The second-order valence-corrected chi connectivity index (χ2v) is 11.1. The van der Waals surface area contributed by atoms with Crippen LogP contribution in [0.1, 0.15) is 36.1 Å². The molecule has 1 unspecified atom stereocenters. The minimum Gasteiger partial charge on any atom is -0.493 e. The number of amides is 1. The third-order valence-corrected chi connectivity index (χ3v) is 9.40. The first-order chi connectivity index (χ1) is 16.6. The fourth-order valence-electron chi connectivity index (χ4n) is 4.78. The van der Waals surface area contributed by atoms with Crippen molar-refractivity contribution in [1.82, 2.24) is 4.31 Å². The number of benzene rings is 2. The molecule has 35 heavy (non-hydrogen) atoms. The van der Waals surface area contributed by atoms with Crippen LogP contribution in [0.25, 0.3) is 0 Å². The maximum absolute atomic E-state index is 14.0. The van der Waals surface area contributed by atoms with Crippen LogP contribution in [0.5, 0.6) is 11.5 Å². The Labute approximate surface area is 213 Å². The fourth-order valence-corrected chi connectivity index (χ4v) is 7.46. The van der Waals surface area contributed by atoms with Crippen LogP contribution in [-0.2, 0) is 37.2 Å². The van der Waals surface area contributed by atoms with E-state index in [0.29, 0.717) is 46.6 Å². The molecule has 1 amide bonds. The first-order valence-electron chi connectivity index (χ1n) is 11.1. The summed E-state index contributed by atoms with van der Waals surface area (Å²) in [4.78, 5) is 26.1. The molecule has 2 aliphatic heterocycles. The zero-order chi connectivity index (χ0) is 25.5. The Morgan fingerprint density at radius 3 is 2.29 bits per heavy atom. The molecule has 0 spiro atoms. The van der Waals surface area contributed by atoms with E-state index < -0.39 is 22.0 Å². The van der Waals surface area contributed by atoms with Crippen molar-refractivity contribution >= 4 is 43.5 Å². The molecule has 4 rings (SSSR count). The van der Waals surface area contributed by atoms with Gasteiger partial charge in [-0.05, 0) is 69.7 Å². The predicted octanol–water partition coefficient (Wildman–Crippen LogP) is 3.23. The number of carbonyl (C=O) groups is 2. The van der Waals surface area contributed by atoms with Crippen molar-refractivity contribution in [2.24, 2.45) is 0 Å². The van der Waals surface area contributed by atoms with Crippen LogP contribution in [0.15, 0.2) is 33.6 Å². The number of carbonyl (C=O) groups excluding carboxylic acids is 2. The highest BCUT2D eigenvalue weighted by atomic mass is 79.9. The van der Waals surface area contributed by atoms with Crippen LogP contribution < -0.4 is 14.4 Å². The van der Waals surface area contributed by atoms with Crippen LogP contribution in [0.4, 0.5) is 5.69 Å². The summed E-state index contributed by atoms with van der Waals surface area (Å²) in [5, 5.41) is 0. The molecule has 1 atom stereocenters. The van der Waals surface area contributed by atoms with Gasteiger partial charge >= 0.3 is 5.97 Å². The molecule has 2 aromatic carbocycles. The Balaban J connectivity index is 1.83. The quantitative estimate of drug-likeness (QED) is 0.494. The maximum atomic E-state index is 14.0. The number of hydrogen-bond acceptors (Lipinski definition) is 7. The van der Waals surface area contributed by atoms with Gasteiger partial charge in [0.15, 0.2) is 11.5 Å². The highest BCUT2D eigenvalue weighted by Crippen LogP contribution is 2.44. The van der Waals surface area contributed by atoms with Crippen molar-refractivity contribution in [3.05, 3.63) is 45.4 Å². The lowest BCUT2D eigenvalue weighted by atomic mass is 9.91. The Kier molecular flexibility index (Phi) is 7.12. The number of hydrogen-bond donors (Lipinski definition) is 0. The van der Waals surface area contributed by atoms with E-state index in [1.807, 2.05) is 6.07 Å². The molecule has 2 heterocycles. The summed E-state index contributed by atoms with van der Waals surface area (Å²) in [6.07, 6.45) is 0.909. The van der Waals surface area contributed by atoms with Gasteiger partial charge in [-0.15, -0.1) is 0 Å². The summed E-state index contributed by atoms with van der Waals surface area (Å²) >= 11 is 3.43. The van der Waals surface area contributed by atoms with Crippen molar-refractivity contribution in [2.75, 3.05) is 39.3 Å². The van der Waals surface area contributed by atoms with Gasteiger partial charge in [0, 0.05) is 30.2 Å².